The Kier molecular flexibility index (Phi) is 5.69. The molecule has 30 heavy (non-hydrogen) atoms. The Morgan fingerprint density at radius 2 is 1.90 bits per heavy atom. The molecule has 0 spiro atoms. The van der Waals surface area contributed by atoms with E-state index in [1.807, 2.05) is 9.30 Å². The molecule has 0 saturated carbocycles. The van der Waals surface area contributed by atoms with Gasteiger partial charge in [-0.2, -0.15) is 4.98 Å². The van der Waals surface area contributed by atoms with Gasteiger partial charge in [0.15, 0.2) is 0 Å². The molecule has 9 heteroatoms. The third-order valence-corrected chi connectivity index (χ3v) is 5.39. The zero-order chi connectivity index (χ0) is 21.1. The van der Waals surface area contributed by atoms with E-state index < -0.39 is 0 Å². The molecule has 158 valence electrons. The maximum Gasteiger partial charge on any atom is 0.257 e. The first-order valence-electron chi connectivity index (χ1n) is 10.1. The molecule has 3 heterocycles. The standard InChI is InChI=1S/C21H26N6O3/c1-4-5-15-12-19(23-21-24-22-14-27(15)21)25-8-10-26(11-9-25)20(28)17-7-6-16(29-2)13-18(17)30-3/h6-7,12-14H,4-5,8-11H2,1-3H3. The van der Waals surface area contributed by atoms with Crippen LogP contribution in [-0.2, 0) is 6.42 Å². The van der Waals surface area contributed by atoms with E-state index in [0.717, 1.165) is 24.4 Å². The van der Waals surface area contributed by atoms with Gasteiger partial charge in [0.25, 0.3) is 11.7 Å². The van der Waals surface area contributed by atoms with E-state index in [4.69, 9.17) is 9.47 Å². The Labute approximate surface area is 175 Å². The molecule has 1 saturated heterocycles. The summed E-state index contributed by atoms with van der Waals surface area (Å²) in [5.41, 5.74) is 1.68. The van der Waals surface area contributed by atoms with Crippen LogP contribution in [0.3, 0.4) is 0 Å². The van der Waals surface area contributed by atoms with E-state index in [0.29, 0.717) is 49.0 Å². The summed E-state index contributed by atoms with van der Waals surface area (Å²) >= 11 is 0. The Hall–Kier alpha value is -3.36. The number of carbonyl (C=O) groups is 1. The maximum absolute atomic E-state index is 13.1. The lowest BCUT2D eigenvalue weighted by molar-refractivity contribution is 0.0743. The molecule has 1 aliphatic heterocycles. The van der Waals surface area contributed by atoms with Gasteiger partial charge in [-0.1, -0.05) is 13.3 Å². The van der Waals surface area contributed by atoms with Gasteiger partial charge >= 0.3 is 0 Å². The minimum Gasteiger partial charge on any atom is -0.497 e. The predicted octanol–water partition coefficient (Wildman–Crippen LogP) is 2.06. The summed E-state index contributed by atoms with van der Waals surface area (Å²) in [6.07, 6.45) is 3.67. The average Bonchev–Trinajstić information content (AvgIpc) is 3.27. The second kappa shape index (κ2) is 8.56. The van der Waals surface area contributed by atoms with Crippen molar-refractivity contribution in [1.82, 2.24) is 24.5 Å². The molecule has 0 unspecified atom stereocenters. The van der Waals surface area contributed by atoms with E-state index in [2.05, 4.69) is 33.1 Å². The number of hydrogen-bond donors (Lipinski definition) is 0. The molecule has 4 rings (SSSR count). The van der Waals surface area contributed by atoms with E-state index in [1.165, 1.54) is 0 Å². The molecule has 0 radical (unpaired) electrons. The number of amides is 1. The number of fused-ring (bicyclic) bond motifs is 1. The Morgan fingerprint density at radius 1 is 1.10 bits per heavy atom. The summed E-state index contributed by atoms with van der Waals surface area (Å²) in [7, 11) is 3.15. The number of nitrogens with zero attached hydrogens (tertiary/aromatic N) is 6. The molecule has 9 nitrogen and oxygen atoms in total. The first-order valence-corrected chi connectivity index (χ1v) is 10.1. The van der Waals surface area contributed by atoms with E-state index >= 15 is 0 Å². The van der Waals surface area contributed by atoms with Crippen molar-refractivity contribution in [3.05, 3.63) is 41.9 Å². The fraction of sp³-hybridized carbons (Fsp3) is 0.429. The zero-order valence-corrected chi connectivity index (χ0v) is 17.5. The molecule has 0 aliphatic carbocycles. The van der Waals surface area contributed by atoms with Gasteiger partial charge in [0.2, 0.25) is 0 Å². The van der Waals surface area contributed by atoms with Crippen LogP contribution >= 0.6 is 0 Å². The van der Waals surface area contributed by atoms with Crippen LogP contribution in [0.4, 0.5) is 5.82 Å². The number of hydrogen-bond acceptors (Lipinski definition) is 7. The number of ether oxygens (including phenoxy) is 2. The van der Waals surface area contributed by atoms with E-state index in [1.54, 1.807) is 38.7 Å². The van der Waals surface area contributed by atoms with Crippen LogP contribution in [-0.4, -0.2) is 70.8 Å². The summed E-state index contributed by atoms with van der Waals surface area (Å²) in [6, 6.07) is 7.36. The van der Waals surface area contributed by atoms with Crippen LogP contribution in [0.1, 0.15) is 29.4 Å². The number of benzene rings is 1. The largest absolute Gasteiger partial charge is 0.497 e. The smallest absolute Gasteiger partial charge is 0.257 e. The molecule has 1 aliphatic rings. The highest BCUT2D eigenvalue weighted by Crippen LogP contribution is 2.26. The molecule has 0 N–H and O–H groups in total. The van der Waals surface area contributed by atoms with Crippen LogP contribution in [0.25, 0.3) is 5.78 Å². The minimum atomic E-state index is -0.0401. The van der Waals surface area contributed by atoms with Crippen LogP contribution in [0.15, 0.2) is 30.6 Å². The maximum atomic E-state index is 13.1. The summed E-state index contributed by atoms with van der Waals surface area (Å²) in [5.74, 6) is 2.63. The summed E-state index contributed by atoms with van der Waals surface area (Å²) < 4.78 is 12.6. The third kappa shape index (κ3) is 3.74. The Balaban J connectivity index is 1.49. The second-order valence-corrected chi connectivity index (χ2v) is 7.20. The number of aryl methyl sites for hydroxylation is 1. The van der Waals surface area contributed by atoms with Crippen molar-refractivity contribution < 1.29 is 14.3 Å². The van der Waals surface area contributed by atoms with Gasteiger partial charge in [-0.3, -0.25) is 9.20 Å². The van der Waals surface area contributed by atoms with Gasteiger partial charge in [-0.25, -0.2) is 0 Å². The average molecular weight is 410 g/mol. The molecular formula is C21H26N6O3. The highest BCUT2D eigenvalue weighted by atomic mass is 16.5. The number of aromatic nitrogens is 4. The second-order valence-electron chi connectivity index (χ2n) is 7.20. The van der Waals surface area contributed by atoms with Crippen molar-refractivity contribution in [1.29, 1.82) is 0 Å². The predicted molar refractivity (Wildman–Crippen MR) is 112 cm³/mol. The first kappa shape index (κ1) is 19.9. The number of piperazine rings is 1. The topological polar surface area (TPSA) is 85.1 Å². The summed E-state index contributed by atoms with van der Waals surface area (Å²) in [6.45, 7) is 4.77. The van der Waals surface area contributed by atoms with Crippen LogP contribution in [0, 0.1) is 0 Å². The van der Waals surface area contributed by atoms with E-state index in [-0.39, 0.29) is 5.91 Å². The fourth-order valence-corrected chi connectivity index (χ4v) is 3.76. The monoisotopic (exact) mass is 410 g/mol. The van der Waals surface area contributed by atoms with Gasteiger partial charge in [0, 0.05) is 44.0 Å². The zero-order valence-electron chi connectivity index (χ0n) is 17.5. The van der Waals surface area contributed by atoms with Crippen molar-refractivity contribution in [2.45, 2.75) is 19.8 Å². The molecule has 3 aromatic rings. The number of methoxy groups -OCH3 is 2. The fourth-order valence-electron chi connectivity index (χ4n) is 3.76. The molecular weight excluding hydrogens is 384 g/mol. The quantitative estimate of drug-likeness (QED) is 0.615. The molecule has 1 amide bonds. The SMILES string of the molecule is CCCc1cc(N2CCN(C(=O)c3ccc(OC)cc3OC)CC2)nc2nncn12. The molecule has 0 atom stereocenters. The molecule has 1 fully saturated rings. The molecule has 2 aromatic heterocycles. The lowest BCUT2D eigenvalue weighted by Crippen LogP contribution is -2.49. The first-order chi connectivity index (χ1) is 14.6. The van der Waals surface area contributed by atoms with Crippen molar-refractivity contribution in [3.63, 3.8) is 0 Å². The van der Waals surface area contributed by atoms with Crippen LogP contribution in [0.5, 0.6) is 11.5 Å². The van der Waals surface area contributed by atoms with Crippen LogP contribution in [0.2, 0.25) is 0 Å². The van der Waals surface area contributed by atoms with Crippen molar-refractivity contribution in [2.24, 2.45) is 0 Å². The number of carbonyl (C=O) groups excluding carboxylic acids is 1. The summed E-state index contributed by atoms with van der Waals surface area (Å²) in [5, 5.41) is 8.11. The van der Waals surface area contributed by atoms with Crippen LogP contribution < -0.4 is 14.4 Å². The van der Waals surface area contributed by atoms with Crippen molar-refractivity contribution in [2.75, 3.05) is 45.3 Å². The lowest BCUT2D eigenvalue weighted by atomic mass is 10.1. The van der Waals surface area contributed by atoms with Gasteiger partial charge in [-0.15, -0.1) is 10.2 Å². The van der Waals surface area contributed by atoms with E-state index in [9.17, 15) is 4.79 Å². The van der Waals surface area contributed by atoms with Gasteiger partial charge in [0.05, 0.1) is 19.8 Å². The Bertz CT molecular complexity index is 1040. The number of rotatable bonds is 6. The highest BCUT2D eigenvalue weighted by molar-refractivity contribution is 5.97. The number of anilines is 1. The third-order valence-electron chi connectivity index (χ3n) is 5.39. The highest BCUT2D eigenvalue weighted by Gasteiger charge is 2.25. The summed E-state index contributed by atoms with van der Waals surface area (Å²) in [4.78, 5) is 21.8. The van der Waals surface area contributed by atoms with Crippen molar-refractivity contribution >= 4 is 17.5 Å². The molecule has 0 bridgehead atoms. The Morgan fingerprint density at radius 3 is 2.60 bits per heavy atom. The van der Waals surface area contributed by atoms with Crippen molar-refractivity contribution in [3.8, 4) is 11.5 Å². The molecule has 1 aromatic carbocycles. The lowest BCUT2D eigenvalue weighted by Gasteiger charge is -2.35. The van der Waals surface area contributed by atoms with Gasteiger partial charge < -0.3 is 19.3 Å². The minimum absolute atomic E-state index is 0.0401. The van der Waals surface area contributed by atoms with Gasteiger partial charge in [-0.05, 0) is 18.6 Å². The van der Waals surface area contributed by atoms with Gasteiger partial charge in [0.1, 0.15) is 23.6 Å². The normalized spacial score (nSPS) is 14.2.